The summed E-state index contributed by atoms with van der Waals surface area (Å²) in [5.41, 5.74) is 0.0396. The van der Waals surface area contributed by atoms with Crippen molar-refractivity contribution < 1.29 is 14.0 Å². The molecular weight excluding hydrogens is 315 g/mol. The Kier molecular flexibility index (Phi) is 3.61. The normalized spacial score (nSPS) is 27.9. The zero-order chi connectivity index (χ0) is 15.2. The van der Waals surface area contributed by atoms with Gasteiger partial charge in [-0.15, -0.1) is 11.8 Å². The Labute approximate surface area is 131 Å². The molecule has 112 valence electrons. The van der Waals surface area contributed by atoms with Gasteiger partial charge in [0.25, 0.3) is 0 Å². The van der Waals surface area contributed by atoms with Gasteiger partial charge in [-0.3, -0.25) is 9.59 Å². The van der Waals surface area contributed by atoms with Gasteiger partial charge >= 0.3 is 0 Å². The number of hydrogen-bond acceptors (Lipinski definition) is 3. The lowest BCUT2D eigenvalue weighted by atomic mass is 10.2. The number of anilines is 1. The van der Waals surface area contributed by atoms with Crippen LogP contribution in [0.25, 0.3) is 0 Å². The fourth-order valence-electron chi connectivity index (χ4n) is 2.83. The van der Waals surface area contributed by atoms with Gasteiger partial charge in [-0.05, 0) is 25.5 Å². The van der Waals surface area contributed by atoms with Crippen molar-refractivity contribution in [1.29, 1.82) is 0 Å². The lowest BCUT2D eigenvalue weighted by Crippen LogP contribution is -2.48. The highest BCUT2D eigenvalue weighted by Gasteiger charge is 2.52. The third-order valence-electron chi connectivity index (χ3n) is 3.96. The monoisotopic (exact) mass is 328 g/mol. The van der Waals surface area contributed by atoms with Crippen molar-refractivity contribution in [2.24, 2.45) is 0 Å². The Morgan fingerprint density at radius 2 is 2.33 bits per heavy atom. The Bertz CT molecular complexity index is 627. The summed E-state index contributed by atoms with van der Waals surface area (Å²) in [6.45, 7) is 1.97. The first-order valence-electron chi connectivity index (χ1n) is 6.63. The number of fused-ring (bicyclic) bond motifs is 1. The van der Waals surface area contributed by atoms with Crippen molar-refractivity contribution in [2.45, 2.75) is 30.7 Å². The molecule has 3 rings (SSSR count). The van der Waals surface area contributed by atoms with Crippen molar-refractivity contribution in [3.8, 4) is 0 Å². The molecule has 0 bridgehead atoms. The average molecular weight is 329 g/mol. The zero-order valence-electron chi connectivity index (χ0n) is 11.4. The second-order valence-electron chi connectivity index (χ2n) is 5.36. The number of nitrogens with zero attached hydrogens (tertiary/aromatic N) is 1. The van der Waals surface area contributed by atoms with E-state index >= 15 is 0 Å². The number of rotatable bonds is 2. The average Bonchev–Trinajstić information content (AvgIpc) is 2.92. The summed E-state index contributed by atoms with van der Waals surface area (Å²) in [5.74, 6) is -0.526. The van der Waals surface area contributed by atoms with E-state index in [0.29, 0.717) is 12.2 Å². The molecule has 1 aromatic carbocycles. The third-order valence-corrected chi connectivity index (χ3v) is 5.75. The Balaban J connectivity index is 1.80. The predicted octanol–water partition coefficient (Wildman–Crippen LogP) is 2.87. The van der Waals surface area contributed by atoms with Gasteiger partial charge in [0.15, 0.2) is 5.82 Å². The Morgan fingerprint density at radius 1 is 1.57 bits per heavy atom. The van der Waals surface area contributed by atoms with Gasteiger partial charge in [-0.2, -0.15) is 0 Å². The molecule has 2 aliphatic heterocycles. The van der Waals surface area contributed by atoms with Crippen molar-refractivity contribution in [3.63, 3.8) is 0 Å². The van der Waals surface area contributed by atoms with Crippen molar-refractivity contribution in [3.05, 3.63) is 29.0 Å². The van der Waals surface area contributed by atoms with E-state index in [2.05, 4.69) is 5.32 Å². The van der Waals surface area contributed by atoms with Crippen LogP contribution in [-0.4, -0.2) is 33.4 Å². The highest BCUT2D eigenvalue weighted by atomic mass is 35.5. The number of halogens is 2. The molecule has 21 heavy (non-hydrogen) atoms. The molecule has 4 nitrogen and oxygen atoms in total. The third kappa shape index (κ3) is 2.40. The lowest BCUT2D eigenvalue weighted by Gasteiger charge is -2.29. The fraction of sp³-hybridized carbons (Fsp3) is 0.429. The Morgan fingerprint density at radius 3 is 3.10 bits per heavy atom. The minimum atomic E-state index is -0.659. The van der Waals surface area contributed by atoms with Crippen LogP contribution in [0.4, 0.5) is 10.1 Å². The number of benzene rings is 1. The number of nitrogens with one attached hydrogen (secondary N) is 1. The van der Waals surface area contributed by atoms with E-state index in [1.165, 1.54) is 12.1 Å². The molecule has 2 aliphatic rings. The van der Waals surface area contributed by atoms with Gasteiger partial charge in [-0.25, -0.2) is 4.39 Å². The van der Waals surface area contributed by atoms with E-state index in [1.54, 1.807) is 22.7 Å². The number of thioether (sulfide) groups is 1. The van der Waals surface area contributed by atoms with Gasteiger partial charge in [0.1, 0.15) is 6.04 Å². The molecule has 0 aliphatic carbocycles. The maximum atomic E-state index is 13.8. The molecule has 0 aromatic heterocycles. The maximum absolute atomic E-state index is 13.8. The van der Waals surface area contributed by atoms with Gasteiger partial charge in [0, 0.05) is 12.2 Å². The fourth-order valence-corrected chi connectivity index (χ4v) is 4.44. The summed E-state index contributed by atoms with van der Waals surface area (Å²) < 4.78 is 13.8. The minimum absolute atomic E-state index is 0.0192. The molecule has 0 radical (unpaired) electrons. The molecule has 1 N–H and O–H groups in total. The molecule has 0 saturated carbocycles. The van der Waals surface area contributed by atoms with E-state index in [1.807, 2.05) is 6.92 Å². The van der Waals surface area contributed by atoms with E-state index in [-0.39, 0.29) is 27.4 Å². The minimum Gasteiger partial charge on any atom is -0.322 e. The summed E-state index contributed by atoms with van der Waals surface area (Å²) >= 11 is 7.29. The molecule has 0 unspecified atom stereocenters. The van der Waals surface area contributed by atoms with Crippen LogP contribution >= 0.6 is 23.4 Å². The first-order chi connectivity index (χ1) is 9.92. The van der Waals surface area contributed by atoms with E-state index in [0.717, 1.165) is 6.42 Å². The largest absolute Gasteiger partial charge is 0.322 e. The summed E-state index contributed by atoms with van der Waals surface area (Å²) in [6.07, 6.45) is 1.20. The topological polar surface area (TPSA) is 49.4 Å². The second-order valence-corrected chi connectivity index (χ2v) is 7.26. The van der Waals surface area contributed by atoms with E-state index < -0.39 is 11.9 Å². The maximum Gasteiger partial charge on any atom is 0.248 e. The summed E-state index contributed by atoms with van der Waals surface area (Å²) in [5, 5.41) is 2.49. The molecule has 1 aromatic rings. The summed E-state index contributed by atoms with van der Waals surface area (Å²) in [6, 6.07) is 3.87. The smallest absolute Gasteiger partial charge is 0.248 e. The molecule has 2 heterocycles. The van der Waals surface area contributed by atoms with E-state index in [9.17, 15) is 14.0 Å². The first kappa shape index (κ1) is 14.7. The van der Waals surface area contributed by atoms with Crippen LogP contribution in [0.15, 0.2) is 18.2 Å². The van der Waals surface area contributed by atoms with Crippen molar-refractivity contribution >= 4 is 40.9 Å². The SMILES string of the molecule is C[C@@]12CCC(=O)N1[C@@H](C(=O)Nc1cccc(Cl)c1F)CS2. The molecular formula is C14H14ClFN2O2S. The van der Waals surface area contributed by atoms with Crippen molar-refractivity contribution in [2.75, 3.05) is 11.1 Å². The van der Waals surface area contributed by atoms with Crippen LogP contribution in [0, 0.1) is 5.82 Å². The van der Waals surface area contributed by atoms with Crippen LogP contribution in [0.2, 0.25) is 5.02 Å². The Hall–Kier alpha value is -1.27. The first-order valence-corrected chi connectivity index (χ1v) is 8.00. The highest BCUT2D eigenvalue weighted by molar-refractivity contribution is 8.01. The highest BCUT2D eigenvalue weighted by Crippen LogP contribution is 2.47. The predicted molar refractivity (Wildman–Crippen MR) is 80.8 cm³/mol. The van der Waals surface area contributed by atoms with Crippen molar-refractivity contribution in [1.82, 2.24) is 4.90 Å². The summed E-state index contributed by atoms with van der Waals surface area (Å²) in [7, 11) is 0. The molecule has 7 heteroatoms. The standard InChI is InChI=1S/C14H14ClFN2O2S/c1-14-6-5-11(19)18(14)10(7-21-14)13(20)17-9-4-2-3-8(15)12(9)16/h2-4,10H,5-7H2,1H3,(H,17,20)/t10-,14-/m1/s1. The zero-order valence-corrected chi connectivity index (χ0v) is 12.9. The molecule has 2 saturated heterocycles. The summed E-state index contributed by atoms with van der Waals surface area (Å²) in [4.78, 5) is 25.7. The second kappa shape index (κ2) is 5.18. The number of amides is 2. The molecule has 2 amide bonds. The van der Waals surface area contributed by atoms with Crippen LogP contribution in [0.1, 0.15) is 19.8 Å². The van der Waals surface area contributed by atoms with Gasteiger partial charge in [0.05, 0.1) is 15.6 Å². The lowest BCUT2D eigenvalue weighted by molar-refractivity contribution is -0.135. The van der Waals surface area contributed by atoms with Crippen LogP contribution in [0.3, 0.4) is 0 Å². The molecule has 2 fully saturated rings. The van der Waals surface area contributed by atoms with Gasteiger partial charge < -0.3 is 10.2 Å². The van der Waals surface area contributed by atoms with Crippen LogP contribution in [-0.2, 0) is 9.59 Å². The number of carbonyl (C=O) groups is 2. The number of carbonyl (C=O) groups excluding carboxylic acids is 2. The van der Waals surface area contributed by atoms with E-state index in [4.69, 9.17) is 11.6 Å². The number of hydrogen-bond donors (Lipinski definition) is 1. The van der Waals surface area contributed by atoms with Gasteiger partial charge in [0.2, 0.25) is 11.8 Å². The van der Waals surface area contributed by atoms with Crippen LogP contribution < -0.4 is 5.32 Å². The van der Waals surface area contributed by atoms with Gasteiger partial charge in [-0.1, -0.05) is 17.7 Å². The molecule has 0 spiro atoms. The van der Waals surface area contributed by atoms with Crippen LogP contribution in [0.5, 0.6) is 0 Å². The quantitative estimate of drug-likeness (QED) is 0.908. The molecule has 2 atom stereocenters.